The Balaban J connectivity index is 1.93. The molecule has 0 bridgehead atoms. The summed E-state index contributed by atoms with van der Waals surface area (Å²) in [4.78, 5) is 37.1. The van der Waals surface area contributed by atoms with E-state index in [0.717, 1.165) is 11.1 Å². The molecule has 1 atom stereocenters. The van der Waals surface area contributed by atoms with Gasteiger partial charge in [0.25, 0.3) is 0 Å². The summed E-state index contributed by atoms with van der Waals surface area (Å²) in [7, 11) is 1.51. The number of aromatic nitrogens is 3. The van der Waals surface area contributed by atoms with Crippen molar-refractivity contribution in [1.82, 2.24) is 20.3 Å². The molecule has 11 nitrogen and oxygen atoms in total. The Morgan fingerprint density at radius 3 is 2.58 bits per heavy atom. The first-order chi connectivity index (χ1) is 17.4. The van der Waals surface area contributed by atoms with Gasteiger partial charge in [-0.15, -0.1) is 6.58 Å². The van der Waals surface area contributed by atoms with E-state index in [1.54, 1.807) is 30.3 Å². The number of ether oxygens (including phenoxy) is 1. The lowest BCUT2D eigenvalue weighted by Gasteiger charge is -2.19. The van der Waals surface area contributed by atoms with E-state index in [1.165, 1.54) is 7.11 Å². The number of anilines is 3. The van der Waals surface area contributed by atoms with Crippen LogP contribution < -0.4 is 26.0 Å². The molecule has 0 saturated heterocycles. The van der Waals surface area contributed by atoms with Crippen molar-refractivity contribution in [3.63, 3.8) is 0 Å². The SMILES string of the molecule is C=CCNc1nc(NC(=O)Nc2ccccc2OC)nc(C(NCCC(=O)O)c2cccc(C)c2)n1. The van der Waals surface area contributed by atoms with Gasteiger partial charge < -0.3 is 25.8 Å². The molecule has 188 valence electrons. The first kappa shape index (κ1) is 26.1. The highest BCUT2D eigenvalue weighted by atomic mass is 16.5. The van der Waals surface area contributed by atoms with Crippen molar-refractivity contribution in [2.45, 2.75) is 19.4 Å². The number of nitrogens with zero attached hydrogens (tertiary/aromatic N) is 3. The minimum Gasteiger partial charge on any atom is -0.495 e. The molecule has 0 radical (unpaired) electrons. The number of carboxylic acids is 1. The number of amides is 2. The van der Waals surface area contributed by atoms with Crippen molar-refractivity contribution in [3.8, 4) is 5.75 Å². The average Bonchev–Trinajstić information content (AvgIpc) is 2.85. The molecule has 0 saturated carbocycles. The van der Waals surface area contributed by atoms with Crippen molar-refractivity contribution >= 4 is 29.6 Å². The van der Waals surface area contributed by atoms with E-state index < -0.39 is 18.0 Å². The zero-order valence-electron chi connectivity index (χ0n) is 20.1. The van der Waals surface area contributed by atoms with Gasteiger partial charge in [0.2, 0.25) is 11.9 Å². The van der Waals surface area contributed by atoms with E-state index in [1.807, 2.05) is 31.2 Å². The minimum absolute atomic E-state index is 0.0108. The van der Waals surface area contributed by atoms with Crippen LogP contribution in [0.3, 0.4) is 0 Å². The second kappa shape index (κ2) is 12.8. The highest BCUT2D eigenvalue weighted by Gasteiger charge is 2.21. The van der Waals surface area contributed by atoms with Crippen molar-refractivity contribution < 1.29 is 19.4 Å². The van der Waals surface area contributed by atoms with E-state index in [9.17, 15) is 9.59 Å². The predicted octanol–water partition coefficient (Wildman–Crippen LogP) is 3.58. The molecule has 0 aliphatic heterocycles. The van der Waals surface area contributed by atoms with Crippen molar-refractivity contribution in [1.29, 1.82) is 0 Å². The van der Waals surface area contributed by atoms with Gasteiger partial charge in [0.1, 0.15) is 5.75 Å². The van der Waals surface area contributed by atoms with E-state index in [0.29, 0.717) is 23.8 Å². The highest BCUT2D eigenvalue weighted by Crippen LogP contribution is 2.24. The number of methoxy groups -OCH3 is 1. The number of aryl methyl sites for hydroxylation is 1. The van der Waals surface area contributed by atoms with Crippen LogP contribution in [0.1, 0.15) is 29.4 Å². The number of aliphatic carboxylic acids is 1. The summed E-state index contributed by atoms with van der Waals surface area (Å²) in [6.07, 6.45) is 1.56. The molecule has 0 aliphatic carbocycles. The molecular weight excluding hydrogens is 462 g/mol. The molecule has 1 unspecified atom stereocenters. The second-order valence-corrected chi connectivity index (χ2v) is 7.73. The van der Waals surface area contributed by atoms with Crippen LogP contribution in [0.15, 0.2) is 61.2 Å². The van der Waals surface area contributed by atoms with Crippen molar-refractivity contribution in [2.75, 3.05) is 36.1 Å². The summed E-state index contributed by atoms with van der Waals surface area (Å²) in [6.45, 7) is 6.22. The van der Waals surface area contributed by atoms with Crippen LogP contribution in [0, 0.1) is 6.92 Å². The maximum Gasteiger partial charge on any atom is 0.326 e. The Bertz CT molecular complexity index is 1220. The number of hydrogen-bond acceptors (Lipinski definition) is 8. The number of carbonyl (C=O) groups is 2. The fourth-order valence-corrected chi connectivity index (χ4v) is 3.35. The quantitative estimate of drug-likeness (QED) is 0.239. The first-order valence-electron chi connectivity index (χ1n) is 11.2. The molecule has 0 fully saturated rings. The molecule has 3 rings (SSSR count). The summed E-state index contributed by atoms with van der Waals surface area (Å²) in [5.41, 5.74) is 2.33. The third-order valence-electron chi connectivity index (χ3n) is 4.96. The monoisotopic (exact) mass is 491 g/mol. The number of urea groups is 1. The van der Waals surface area contributed by atoms with Gasteiger partial charge in [0, 0.05) is 13.1 Å². The Kier molecular flexibility index (Phi) is 9.29. The number of rotatable bonds is 12. The van der Waals surface area contributed by atoms with E-state index >= 15 is 0 Å². The van der Waals surface area contributed by atoms with E-state index in [4.69, 9.17) is 9.84 Å². The highest BCUT2D eigenvalue weighted by molar-refractivity contribution is 5.99. The molecule has 5 N–H and O–H groups in total. The number of carboxylic acid groups (broad SMARTS) is 1. The van der Waals surface area contributed by atoms with Crippen LogP contribution in [0.2, 0.25) is 0 Å². The lowest BCUT2D eigenvalue weighted by molar-refractivity contribution is -0.136. The molecule has 3 aromatic rings. The lowest BCUT2D eigenvalue weighted by atomic mass is 10.0. The normalized spacial score (nSPS) is 11.3. The smallest absolute Gasteiger partial charge is 0.326 e. The average molecular weight is 492 g/mol. The summed E-state index contributed by atoms with van der Waals surface area (Å²) >= 11 is 0. The second-order valence-electron chi connectivity index (χ2n) is 7.73. The van der Waals surface area contributed by atoms with Crippen LogP contribution in [0.25, 0.3) is 0 Å². The molecule has 11 heteroatoms. The Morgan fingerprint density at radius 1 is 1.08 bits per heavy atom. The van der Waals surface area contributed by atoms with Gasteiger partial charge in [-0.05, 0) is 24.6 Å². The van der Waals surface area contributed by atoms with Crippen LogP contribution in [0.4, 0.5) is 22.4 Å². The van der Waals surface area contributed by atoms with Gasteiger partial charge in [-0.25, -0.2) is 4.79 Å². The summed E-state index contributed by atoms with van der Waals surface area (Å²) < 4.78 is 5.27. The molecular formula is C25H29N7O4. The molecule has 36 heavy (non-hydrogen) atoms. The fraction of sp³-hybridized carbons (Fsp3) is 0.240. The van der Waals surface area contributed by atoms with Gasteiger partial charge in [0.05, 0.1) is 25.3 Å². The molecule has 0 aliphatic rings. The zero-order valence-corrected chi connectivity index (χ0v) is 20.1. The van der Waals surface area contributed by atoms with Crippen LogP contribution in [0.5, 0.6) is 5.75 Å². The molecule has 2 aromatic carbocycles. The lowest BCUT2D eigenvalue weighted by Crippen LogP contribution is -2.28. The van der Waals surface area contributed by atoms with Crippen LogP contribution in [-0.2, 0) is 4.79 Å². The maximum atomic E-state index is 12.7. The fourth-order valence-electron chi connectivity index (χ4n) is 3.35. The Hall–Kier alpha value is -4.51. The summed E-state index contributed by atoms with van der Waals surface area (Å²) in [5, 5.41) is 20.7. The van der Waals surface area contributed by atoms with E-state index in [-0.39, 0.29) is 24.9 Å². The topological polar surface area (TPSA) is 150 Å². The molecule has 2 amide bonds. The number of hydrogen-bond donors (Lipinski definition) is 5. The standard InChI is InChI=1S/C25H29N7O4/c1-4-13-27-23-29-22(21(26-14-12-20(33)34)17-9-7-8-16(2)15-17)30-24(31-23)32-25(35)28-18-10-5-6-11-19(18)36-3/h4-11,15,21,26H,1,12-14H2,2-3H3,(H,33,34)(H3,27,28,29,30,31,32,35). The van der Waals surface area contributed by atoms with Crippen LogP contribution in [-0.4, -0.2) is 52.3 Å². The molecule has 0 spiro atoms. The largest absolute Gasteiger partial charge is 0.495 e. The van der Waals surface area contributed by atoms with E-state index in [2.05, 4.69) is 42.8 Å². The van der Waals surface area contributed by atoms with Crippen LogP contribution >= 0.6 is 0 Å². The zero-order chi connectivity index (χ0) is 25.9. The third kappa shape index (κ3) is 7.50. The van der Waals surface area contributed by atoms with Gasteiger partial charge in [-0.3, -0.25) is 10.1 Å². The molecule has 1 heterocycles. The number of nitrogens with one attached hydrogen (secondary N) is 4. The Morgan fingerprint density at radius 2 is 1.86 bits per heavy atom. The van der Waals surface area contributed by atoms with Crippen molar-refractivity contribution in [3.05, 3.63) is 78.1 Å². The van der Waals surface area contributed by atoms with Gasteiger partial charge in [-0.2, -0.15) is 15.0 Å². The number of benzene rings is 2. The minimum atomic E-state index is -0.926. The van der Waals surface area contributed by atoms with Gasteiger partial charge in [-0.1, -0.05) is 48.0 Å². The third-order valence-corrected chi connectivity index (χ3v) is 4.96. The van der Waals surface area contributed by atoms with Crippen molar-refractivity contribution in [2.24, 2.45) is 0 Å². The van der Waals surface area contributed by atoms with Gasteiger partial charge >= 0.3 is 12.0 Å². The predicted molar refractivity (Wildman–Crippen MR) is 137 cm³/mol. The molecule has 1 aromatic heterocycles. The number of carbonyl (C=O) groups excluding carboxylic acids is 1. The summed E-state index contributed by atoms with van der Waals surface area (Å²) in [5.74, 6) is 0.117. The Labute approximate surface area is 209 Å². The summed E-state index contributed by atoms with van der Waals surface area (Å²) in [6, 6.07) is 13.6. The number of para-hydroxylation sites is 2. The van der Waals surface area contributed by atoms with Gasteiger partial charge in [0.15, 0.2) is 5.82 Å². The first-order valence-corrected chi connectivity index (χ1v) is 11.2. The maximum absolute atomic E-state index is 12.7.